The molecule has 0 spiro atoms. The van der Waals surface area contributed by atoms with Gasteiger partial charge in [-0.15, -0.1) is 0 Å². The number of piperazine rings is 1. The van der Waals surface area contributed by atoms with E-state index in [0.29, 0.717) is 12.6 Å². The van der Waals surface area contributed by atoms with Crippen LogP contribution in [0, 0.1) is 0 Å². The molecule has 6 nitrogen and oxygen atoms in total. The number of nitrogens with one attached hydrogen (secondary N) is 2. The van der Waals surface area contributed by atoms with Crippen LogP contribution in [-0.2, 0) is 16.1 Å². The Hall–Kier alpha value is -1.57. The number of rotatable bonds is 3. The molecule has 106 valence electrons. The fraction of sp³-hybridized carbons (Fsp3) is 0.462. The van der Waals surface area contributed by atoms with Crippen LogP contribution >= 0.6 is 0 Å². The Labute approximate surface area is 121 Å². The molecule has 0 unspecified atom stereocenters. The second-order valence-corrected chi connectivity index (χ2v) is 5.54. The molecule has 1 atom stereocenters. The van der Waals surface area contributed by atoms with Gasteiger partial charge in [-0.05, 0) is 19.1 Å². The third-order valence-corrected chi connectivity index (χ3v) is 4.09. The Kier molecular flexibility index (Phi) is 3.90. The molecule has 7 heteroatoms. The Bertz CT molecular complexity index is 596. The number of hydrogen-bond donors (Lipinski definition) is 2. The van der Waals surface area contributed by atoms with Crippen LogP contribution in [0.4, 0.5) is 17.1 Å². The second kappa shape index (κ2) is 5.82. The number of hydrogen-bond acceptors (Lipinski definition) is 5. The molecular weight excluding hydrogens is 274 g/mol. The van der Waals surface area contributed by atoms with Crippen LogP contribution < -0.4 is 10.6 Å². The first kappa shape index (κ1) is 13.4. The van der Waals surface area contributed by atoms with Gasteiger partial charge in [-0.1, -0.05) is 6.07 Å². The molecule has 0 aliphatic carbocycles. The molecule has 0 radical (unpaired) electrons. The molecule has 1 amide bonds. The highest BCUT2D eigenvalue weighted by Crippen LogP contribution is 2.38. The third-order valence-electron chi connectivity index (χ3n) is 3.55. The van der Waals surface area contributed by atoms with Gasteiger partial charge in [0, 0.05) is 25.7 Å². The summed E-state index contributed by atoms with van der Waals surface area (Å²) in [5.41, 5.74) is 2.33. The number of fused-ring (bicyclic) bond motifs is 1. The van der Waals surface area contributed by atoms with E-state index in [-0.39, 0.29) is 5.91 Å². The Balaban J connectivity index is 1.65. The largest absolute Gasteiger partial charge is 0.323 e. The van der Waals surface area contributed by atoms with E-state index >= 15 is 0 Å². The van der Waals surface area contributed by atoms with E-state index in [0.717, 1.165) is 48.1 Å². The molecule has 0 saturated carbocycles. The zero-order valence-electron chi connectivity index (χ0n) is 11.3. The Morgan fingerprint density at radius 1 is 1.55 bits per heavy atom. The van der Waals surface area contributed by atoms with E-state index in [4.69, 9.17) is 0 Å². The zero-order chi connectivity index (χ0) is 13.9. The summed E-state index contributed by atoms with van der Waals surface area (Å²) < 4.78 is 8.40. The summed E-state index contributed by atoms with van der Waals surface area (Å²) in [5, 5.41) is 6.26. The van der Waals surface area contributed by atoms with Crippen LogP contribution in [-0.4, -0.2) is 43.0 Å². The highest BCUT2D eigenvalue weighted by atomic mass is 32.1. The smallest absolute Gasteiger partial charge is 0.238 e. The van der Waals surface area contributed by atoms with E-state index in [1.54, 1.807) is 0 Å². The number of amides is 1. The van der Waals surface area contributed by atoms with Crippen molar-refractivity contribution in [2.24, 2.45) is 8.73 Å². The lowest BCUT2D eigenvalue weighted by atomic mass is 10.2. The number of benzene rings is 1. The summed E-state index contributed by atoms with van der Waals surface area (Å²) in [4.78, 5) is 14.4. The molecule has 0 aromatic heterocycles. The van der Waals surface area contributed by atoms with Gasteiger partial charge in [0.2, 0.25) is 5.91 Å². The summed E-state index contributed by atoms with van der Waals surface area (Å²) in [6, 6.07) is 6.02. The first-order valence-corrected chi connectivity index (χ1v) is 7.43. The van der Waals surface area contributed by atoms with Crippen LogP contribution in [0.5, 0.6) is 0 Å². The minimum absolute atomic E-state index is 0.000694. The highest BCUT2D eigenvalue weighted by molar-refractivity contribution is 7.58. The quantitative estimate of drug-likeness (QED) is 0.903. The maximum absolute atomic E-state index is 12.2. The van der Waals surface area contributed by atoms with Crippen molar-refractivity contribution in [2.45, 2.75) is 13.0 Å². The van der Waals surface area contributed by atoms with Crippen molar-refractivity contribution in [3.63, 3.8) is 0 Å². The first-order chi connectivity index (χ1) is 9.74. The molecule has 2 aliphatic rings. The zero-order valence-corrected chi connectivity index (χ0v) is 12.1. The van der Waals surface area contributed by atoms with Crippen molar-refractivity contribution in [3.05, 3.63) is 18.2 Å². The van der Waals surface area contributed by atoms with Gasteiger partial charge >= 0.3 is 0 Å². The van der Waals surface area contributed by atoms with Gasteiger partial charge in [0.05, 0.1) is 23.6 Å². The van der Waals surface area contributed by atoms with Crippen molar-refractivity contribution in [1.82, 2.24) is 10.2 Å². The fourth-order valence-corrected chi connectivity index (χ4v) is 2.95. The number of carbonyl (C=O) groups is 1. The predicted molar refractivity (Wildman–Crippen MR) is 80.5 cm³/mol. The predicted octanol–water partition coefficient (Wildman–Crippen LogP) is 1.65. The van der Waals surface area contributed by atoms with Gasteiger partial charge in [-0.3, -0.25) is 9.69 Å². The molecule has 0 bridgehead atoms. The van der Waals surface area contributed by atoms with E-state index in [1.807, 2.05) is 18.2 Å². The van der Waals surface area contributed by atoms with E-state index in [2.05, 4.69) is 31.2 Å². The summed E-state index contributed by atoms with van der Waals surface area (Å²) in [5.74, 6) is -0.000694. The molecule has 1 saturated heterocycles. The summed E-state index contributed by atoms with van der Waals surface area (Å²) in [6.45, 7) is 5.31. The molecular formula is C13H17N5OS. The van der Waals surface area contributed by atoms with Gasteiger partial charge in [0.15, 0.2) is 0 Å². The van der Waals surface area contributed by atoms with E-state index in [9.17, 15) is 4.79 Å². The minimum Gasteiger partial charge on any atom is -0.323 e. The van der Waals surface area contributed by atoms with Crippen LogP contribution in [0.3, 0.4) is 0 Å². The lowest BCUT2D eigenvalue weighted by Gasteiger charge is -2.33. The van der Waals surface area contributed by atoms with Crippen LogP contribution in [0.15, 0.2) is 26.9 Å². The third kappa shape index (κ3) is 2.79. The van der Waals surface area contributed by atoms with Gasteiger partial charge in [0.1, 0.15) is 11.4 Å². The first-order valence-electron chi connectivity index (χ1n) is 6.70. The number of nitrogens with zero attached hydrogens (tertiary/aromatic N) is 3. The van der Waals surface area contributed by atoms with Crippen molar-refractivity contribution in [3.8, 4) is 0 Å². The Morgan fingerprint density at radius 3 is 3.30 bits per heavy atom. The molecule has 3 rings (SSSR count). The maximum atomic E-state index is 12.2. The molecule has 2 aliphatic heterocycles. The topological polar surface area (TPSA) is 69.1 Å². The molecule has 1 aromatic rings. The molecule has 1 fully saturated rings. The average Bonchev–Trinajstić information content (AvgIpc) is 2.91. The molecule has 2 heterocycles. The minimum atomic E-state index is -0.000694. The normalized spacial score (nSPS) is 21.4. The Morgan fingerprint density at radius 2 is 2.45 bits per heavy atom. The van der Waals surface area contributed by atoms with Gasteiger partial charge in [-0.2, -0.15) is 8.73 Å². The number of carbonyl (C=O) groups excluding carboxylic acids is 1. The summed E-state index contributed by atoms with van der Waals surface area (Å²) in [7, 11) is 0. The standard InChI is InChI=1S/C13H17N5OS/c1-9-7-14-5-6-18(9)8-12(19)15-10-3-2-4-11-13(10)17-20-16-11/h2-4,9,14H,5-8H2,1H3,(H,15,19)/t9-/m0/s1. The molecule has 1 aromatic carbocycles. The van der Waals surface area contributed by atoms with E-state index in [1.165, 1.54) is 0 Å². The van der Waals surface area contributed by atoms with Crippen LogP contribution in [0.25, 0.3) is 0 Å². The average molecular weight is 291 g/mol. The van der Waals surface area contributed by atoms with Gasteiger partial charge in [-0.25, -0.2) is 0 Å². The van der Waals surface area contributed by atoms with Crippen molar-refractivity contribution in [2.75, 3.05) is 31.5 Å². The van der Waals surface area contributed by atoms with Gasteiger partial charge in [0.25, 0.3) is 0 Å². The SMILES string of the molecule is C[C@H]1CNCCN1CC(=O)Nc1cccc2c1N=S=N2. The van der Waals surface area contributed by atoms with Crippen molar-refractivity contribution in [1.29, 1.82) is 0 Å². The highest BCUT2D eigenvalue weighted by Gasteiger charge is 2.21. The summed E-state index contributed by atoms with van der Waals surface area (Å²) >= 11 is 1.16. The number of anilines is 1. The fourth-order valence-electron chi connectivity index (χ4n) is 2.40. The van der Waals surface area contributed by atoms with Crippen molar-refractivity contribution >= 4 is 34.3 Å². The van der Waals surface area contributed by atoms with Crippen LogP contribution in [0.1, 0.15) is 6.92 Å². The summed E-state index contributed by atoms with van der Waals surface area (Å²) in [6.07, 6.45) is 0. The lowest BCUT2D eigenvalue weighted by Crippen LogP contribution is -2.51. The second-order valence-electron chi connectivity index (χ2n) is 5.01. The monoisotopic (exact) mass is 291 g/mol. The molecule has 2 N–H and O–H groups in total. The van der Waals surface area contributed by atoms with Crippen molar-refractivity contribution < 1.29 is 4.79 Å². The van der Waals surface area contributed by atoms with Gasteiger partial charge < -0.3 is 10.6 Å². The molecule has 20 heavy (non-hydrogen) atoms. The van der Waals surface area contributed by atoms with Crippen LogP contribution in [0.2, 0.25) is 0 Å². The van der Waals surface area contributed by atoms with E-state index < -0.39 is 0 Å². The maximum Gasteiger partial charge on any atom is 0.238 e. The lowest BCUT2D eigenvalue weighted by molar-refractivity contribution is -0.118.